The first-order valence-electron chi connectivity index (χ1n) is 7.72. The lowest BCUT2D eigenvalue weighted by Gasteiger charge is -2.18. The molecule has 134 valence electrons. The highest BCUT2D eigenvalue weighted by Gasteiger charge is 2.34. The molecule has 0 heterocycles. The van der Waals surface area contributed by atoms with Crippen LogP contribution in [0.2, 0.25) is 0 Å². The first-order valence-corrected chi connectivity index (χ1v) is 7.72. The van der Waals surface area contributed by atoms with Gasteiger partial charge in [-0.25, -0.2) is 0 Å². The number of nitrogens with one attached hydrogen (secondary N) is 1. The number of carbonyl (C=O) groups is 1. The number of anilines is 1. The van der Waals surface area contributed by atoms with E-state index in [9.17, 15) is 18.0 Å². The lowest BCUT2D eigenvalue weighted by molar-refractivity contribution is -0.140. The van der Waals surface area contributed by atoms with Gasteiger partial charge in [-0.2, -0.15) is 13.2 Å². The number of carbonyl (C=O) groups excluding carboxylic acids is 1. The molecule has 0 saturated carbocycles. The molecular weight excluding hydrogens is 333 g/mol. The van der Waals surface area contributed by atoms with Crippen LogP contribution in [0, 0.1) is 0 Å². The van der Waals surface area contributed by atoms with E-state index < -0.39 is 23.8 Å². The third-order valence-electron chi connectivity index (χ3n) is 3.56. The van der Waals surface area contributed by atoms with Gasteiger partial charge in [-0.1, -0.05) is 24.3 Å². The van der Waals surface area contributed by atoms with Gasteiger partial charge in [0.1, 0.15) is 5.75 Å². The maximum Gasteiger partial charge on any atom is 0.419 e. The summed E-state index contributed by atoms with van der Waals surface area (Å²) < 4.78 is 44.0. The molecule has 25 heavy (non-hydrogen) atoms. The van der Waals surface area contributed by atoms with Gasteiger partial charge in [0, 0.05) is 12.2 Å². The fraction of sp³-hybridized carbons (Fsp3) is 0.278. The van der Waals surface area contributed by atoms with Crippen molar-refractivity contribution in [2.24, 2.45) is 0 Å². The number of halogens is 3. The molecule has 0 saturated heterocycles. The fourth-order valence-electron chi connectivity index (χ4n) is 2.21. The van der Waals surface area contributed by atoms with Crippen LogP contribution < -0.4 is 15.8 Å². The molecule has 2 aromatic rings. The first kappa shape index (κ1) is 18.6. The fourth-order valence-corrected chi connectivity index (χ4v) is 2.21. The van der Waals surface area contributed by atoms with E-state index in [-0.39, 0.29) is 5.75 Å². The number of nitrogen functional groups attached to an aromatic ring is 1. The number of para-hydroxylation sites is 1. The average molecular weight is 352 g/mol. The Hall–Kier alpha value is -2.70. The summed E-state index contributed by atoms with van der Waals surface area (Å²) in [5, 5.41) is 2.65. The van der Waals surface area contributed by atoms with Crippen molar-refractivity contribution in [3.8, 4) is 5.75 Å². The van der Waals surface area contributed by atoms with Crippen molar-refractivity contribution in [3.63, 3.8) is 0 Å². The van der Waals surface area contributed by atoms with Crippen molar-refractivity contribution in [1.29, 1.82) is 0 Å². The standard InChI is InChI=1S/C18H19F3N2O2/c1-12(25-16-5-3-2-4-15(16)18(19,20)21)17(24)23-11-10-13-6-8-14(22)9-7-13/h2-9,12H,10-11,22H2,1H3,(H,23,24). The molecule has 3 N–H and O–H groups in total. The van der Waals surface area contributed by atoms with Crippen molar-refractivity contribution >= 4 is 11.6 Å². The number of nitrogens with two attached hydrogens (primary N) is 1. The zero-order chi connectivity index (χ0) is 18.4. The molecule has 1 atom stereocenters. The van der Waals surface area contributed by atoms with E-state index in [0.29, 0.717) is 18.7 Å². The highest BCUT2D eigenvalue weighted by molar-refractivity contribution is 5.80. The summed E-state index contributed by atoms with van der Waals surface area (Å²) in [6.07, 6.45) is -5.00. The Bertz CT molecular complexity index is 715. The van der Waals surface area contributed by atoms with E-state index >= 15 is 0 Å². The second-order valence-corrected chi connectivity index (χ2v) is 5.54. The SMILES string of the molecule is CC(Oc1ccccc1C(F)(F)F)C(=O)NCCc1ccc(N)cc1. The minimum Gasteiger partial charge on any atom is -0.480 e. The van der Waals surface area contributed by atoms with Crippen LogP contribution >= 0.6 is 0 Å². The normalized spacial score (nSPS) is 12.5. The zero-order valence-electron chi connectivity index (χ0n) is 13.6. The second kappa shape index (κ2) is 7.92. The third-order valence-corrected chi connectivity index (χ3v) is 3.56. The van der Waals surface area contributed by atoms with Crippen molar-refractivity contribution in [1.82, 2.24) is 5.32 Å². The van der Waals surface area contributed by atoms with Gasteiger partial charge in [0.2, 0.25) is 0 Å². The third kappa shape index (κ3) is 5.41. The quantitative estimate of drug-likeness (QED) is 0.783. The lowest BCUT2D eigenvalue weighted by atomic mass is 10.1. The van der Waals surface area contributed by atoms with E-state index in [0.717, 1.165) is 11.6 Å². The summed E-state index contributed by atoms with van der Waals surface area (Å²) in [6.45, 7) is 1.75. The van der Waals surface area contributed by atoms with Gasteiger partial charge in [0.05, 0.1) is 5.56 Å². The van der Waals surface area contributed by atoms with Gasteiger partial charge in [-0.15, -0.1) is 0 Å². The minimum absolute atomic E-state index is 0.345. The monoisotopic (exact) mass is 352 g/mol. The van der Waals surface area contributed by atoms with Crippen LogP contribution in [0.25, 0.3) is 0 Å². The first-order chi connectivity index (χ1) is 11.8. The van der Waals surface area contributed by atoms with E-state index in [4.69, 9.17) is 10.5 Å². The molecule has 1 amide bonds. The summed E-state index contributed by atoms with van der Waals surface area (Å²) in [7, 11) is 0. The molecule has 1 unspecified atom stereocenters. The molecule has 0 bridgehead atoms. The number of benzene rings is 2. The second-order valence-electron chi connectivity index (χ2n) is 5.54. The van der Waals surface area contributed by atoms with Crippen LogP contribution in [0.4, 0.5) is 18.9 Å². The van der Waals surface area contributed by atoms with Crippen LogP contribution in [0.5, 0.6) is 5.75 Å². The largest absolute Gasteiger partial charge is 0.480 e. The highest BCUT2D eigenvalue weighted by Crippen LogP contribution is 2.36. The Kier molecular flexibility index (Phi) is 5.90. The van der Waals surface area contributed by atoms with Crippen molar-refractivity contribution < 1.29 is 22.7 Å². The van der Waals surface area contributed by atoms with Gasteiger partial charge in [0.15, 0.2) is 6.10 Å². The number of amides is 1. The van der Waals surface area contributed by atoms with Gasteiger partial charge >= 0.3 is 6.18 Å². The zero-order valence-corrected chi connectivity index (χ0v) is 13.6. The Morgan fingerprint density at radius 2 is 1.80 bits per heavy atom. The van der Waals surface area contributed by atoms with Crippen molar-refractivity contribution in [2.75, 3.05) is 12.3 Å². The van der Waals surface area contributed by atoms with Crippen LogP contribution in [0.3, 0.4) is 0 Å². The van der Waals surface area contributed by atoms with Gasteiger partial charge in [-0.05, 0) is 43.2 Å². The predicted molar refractivity (Wildman–Crippen MR) is 89.1 cm³/mol. The molecule has 2 rings (SSSR count). The summed E-state index contributed by atoms with van der Waals surface area (Å²) in [4.78, 5) is 12.0. The van der Waals surface area contributed by atoms with E-state index in [2.05, 4.69) is 5.32 Å². The number of ether oxygens (including phenoxy) is 1. The Balaban J connectivity index is 1.89. The Labute approximate surface area is 143 Å². The molecule has 7 heteroatoms. The van der Waals surface area contributed by atoms with Crippen LogP contribution in [-0.4, -0.2) is 18.6 Å². The molecule has 0 aliphatic carbocycles. The topological polar surface area (TPSA) is 64.3 Å². The van der Waals surface area contributed by atoms with Crippen LogP contribution in [0.15, 0.2) is 48.5 Å². The molecule has 0 spiro atoms. The number of alkyl halides is 3. The van der Waals surface area contributed by atoms with Crippen LogP contribution in [0.1, 0.15) is 18.1 Å². The molecule has 0 fully saturated rings. The maximum absolute atomic E-state index is 12.9. The molecule has 4 nitrogen and oxygen atoms in total. The summed E-state index contributed by atoms with van der Waals surface area (Å²) in [5.74, 6) is -0.844. The molecule has 0 aliphatic heterocycles. The summed E-state index contributed by atoms with van der Waals surface area (Å²) in [6, 6.07) is 12.0. The molecule has 0 aliphatic rings. The maximum atomic E-state index is 12.9. The molecule has 0 radical (unpaired) electrons. The van der Waals surface area contributed by atoms with E-state index in [1.54, 1.807) is 12.1 Å². The predicted octanol–water partition coefficient (Wildman–Crippen LogP) is 3.41. The average Bonchev–Trinajstić information content (AvgIpc) is 2.56. The minimum atomic E-state index is -4.54. The molecule has 0 aromatic heterocycles. The van der Waals surface area contributed by atoms with Gasteiger partial charge in [-0.3, -0.25) is 4.79 Å². The Morgan fingerprint density at radius 3 is 2.44 bits per heavy atom. The Morgan fingerprint density at radius 1 is 1.16 bits per heavy atom. The van der Waals surface area contributed by atoms with E-state index in [1.165, 1.54) is 25.1 Å². The molecular formula is C18H19F3N2O2. The highest BCUT2D eigenvalue weighted by atomic mass is 19.4. The summed E-state index contributed by atoms with van der Waals surface area (Å²) >= 11 is 0. The summed E-state index contributed by atoms with van der Waals surface area (Å²) in [5.41, 5.74) is 6.33. The van der Waals surface area contributed by atoms with Gasteiger partial charge < -0.3 is 15.8 Å². The van der Waals surface area contributed by atoms with Crippen molar-refractivity contribution in [3.05, 3.63) is 59.7 Å². The molecule has 2 aromatic carbocycles. The van der Waals surface area contributed by atoms with Gasteiger partial charge in [0.25, 0.3) is 5.91 Å². The number of hydrogen-bond acceptors (Lipinski definition) is 3. The lowest BCUT2D eigenvalue weighted by Crippen LogP contribution is -2.37. The number of hydrogen-bond donors (Lipinski definition) is 2. The van der Waals surface area contributed by atoms with Crippen molar-refractivity contribution in [2.45, 2.75) is 25.6 Å². The van der Waals surface area contributed by atoms with Crippen LogP contribution in [-0.2, 0) is 17.4 Å². The van der Waals surface area contributed by atoms with E-state index in [1.807, 2.05) is 12.1 Å². The number of rotatable bonds is 6. The smallest absolute Gasteiger partial charge is 0.419 e.